The molecule has 2 aromatic rings. The number of carbonyl (C=O) groups is 2. The number of anilines is 2. The second-order valence-electron chi connectivity index (χ2n) is 5.49. The number of hydrogen-bond donors (Lipinski definition) is 1. The van der Waals surface area contributed by atoms with Crippen molar-refractivity contribution < 1.29 is 19.1 Å². The van der Waals surface area contributed by atoms with Crippen LogP contribution in [0.5, 0.6) is 11.5 Å². The van der Waals surface area contributed by atoms with Gasteiger partial charge in [-0.3, -0.25) is 9.59 Å². The van der Waals surface area contributed by atoms with Gasteiger partial charge in [0.05, 0.1) is 26.3 Å². The van der Waals surface area contributed by atoms with Crippen LogP contribution in [0.3, 0.4) is 0 Å². The van der Waals surface area contributed by atoms with Crippen LogP contribution < -0.4 is 19.7 Å². The predicted octanol–water partition coefficient (Wildman–Crippen LogP) is 3.21. The lowest BCUT2D eigenvalue weighted by Gasteiger charge is -2.19. The molecule has 1 N–H and O–H groups in total. The lowest BCUT2D eigenvalue weighted by atomic mass is 10.2. The van der Waals surface area contributed by atoms with Gasteiger partial charge in [0.25, 0.3) is 5.91 Å². The summed E-state index contributed by atoms with van der Waals surface area (Å²) in [6.45, 7) is 0. The summed E-state index contributed by atoms with van der Waals surface area (Å²) >= 11 is 3.43. The van der Waals surface area contributed by atoms with Crippen LogP contribution in [0.1, 0.15) is 6.42 Å². The molecule has 130 valence electrons. The number of benzene rings is 2. The van der Waals surface area contributed by atoms with E-state index >= 15 is 0 Å². The van der Waals surface area contributed by atoms with Crippen LogP contribution in [0.4, 0.5) is 11.4 Å². The highest BCUT2D eigenvalue weighted by molar-refractivity contribution is 9.10. The highest BCUT2D eigenvalue weighted by Gasteiger charge is 2.41. The average molecular weight is 405 g/mol. The lowest BCUT2D eigenvalue weighted by molar-refractivity contribution is -0.121. The molecule has 0 aromatic heterocycles. The first-order valence-corrected chi connectivity index (χ1v) is 8.44. The molecular formula is C18H17BrN2O4. The lowest BCUT2D eigenvalue weighted by Crippen LogP contribution is -2.35. The average Bonchev–Trinajstić information content (AvgIpc) is 2.90. The standard InChI is InChI=1S/C18H17BrN2O4/c1-24-11-7-8-15(16(9-11)25-2)21-17(22)10-14(18(21)23)20-13-6-4-3-5-12(13)19/h3-9,14,20H,10H2,1-2H3/t14-/m1/s1. The van der Waals surface area contributed by atoms with Crippen molar-refractivity contribution in [3.8, 4) is 11.5 Å². The zero-order valence-corrected chi connectivity index (χ0v) is 15.4. The number of amides is 2. The van der Waals surface area contributed by atoms with E-state index in [0.29, 0.717) is 17.2 Å². The first-order valence-electron chi connectivity index (χ1n) is 7.65. The number of hydrogen-bond acceptors (Lipinski definition) is 5. The van der Waals surface area contributed by atoms with Gasteiger partial charge in [0.1, 0.15) is 17.5 Å². The zero-order valence-electron chi connectivity index (χ0n) is 13.8. The molecule has 6 nitrogen and oxygen atoms in total. The van der Waals surface area contributed by atoms with Gasteiger partial charge in [0.15, 0.2) is 0 Å². The van der Waals surface area contributed by atoms with Gasteiger partial charge in [-0.1, -0.05) is 12.1 Å². The number of carbonyl (C=O) groups excluding carboxylic acids is 2. The molecule has 0 aliphatic carbocycles. The van der Waals surface area contributed by atoms with E-state index in [4.69, 9.17) is 9.47 Å². The first-order chi connectivity index (χ1) is 12.0. The Morgan fingerprint density at radius 1 is 1.12 bits per heavy atom. The van der Waals surface area contributed by atoms with E-state index in [1.807, 2.05) is 24.3 Å². The molecular weight excluding hydrogens is 388 g/mol. The van der Waals surface area contributed by atoms with Crippen LogP contribution in [0.15, 0.2) is 46.9 Å². The number of halogens is 1. The molecule has 2 amide bonds. The van der Waals surface area contributed by atoms with E-state index in [1.54, 1.807) is 18.2 Å². The fourth-order valence-electron chi connectivity index (χ4n) is 2.73. The van der Waals surface area contributed by atoms with Gasteiger partial charge in [0, 0.05) is 16.2 Å². The quantitative estimate of drug-likeness (QED) is 0.774. The maximum Gasteiger partial charge on any atom is 0.256 e. The smallest absolute Gasteiger partial charge is 0.256 e. The van der Waals surface area contributed by atoms with Gasteiger partial charge < -0.3 is 14.8 Å². The Bertz CT molecular complexity index is 824. The maximum atomic E-state index is 12.8. The highest BCUT2D eigenvalue weighted by atomic mass is 79.9. The summed E-state index contributed by atoms with van der Waals surface area (Å²) in [5.74, 6) is 0.396. The fraction of sp³-hybridized carbons (Fsp3) is 0.222. The van der Waals surface area contributed by atoms with E-state index in [1.165, 1.54) is 14.2 Å². The summed E-state index contributed by atoms with van der Waals surface area (Å²) in [5.41, 5.74) is 1.17. The Morgan fingerprint density at radius 2 is 1.88 bits per heavy atom. The Balaban J connectivity index is 1.88. The van der Waals surface area contributed by atoms with Crippen molar-refractivity contribution in [2.24, 2.45) is 0 Å². The minimum atomic E-state index is -0.627. The van der Waals surface area contributed by atoms with Crippen LogP contribution in [0.2, 0.25) is 0 Å². The third-order valence-corrected chi connectivity index (χ3v) is 4.67. The summed E-state index contributed by atoms with van der Waals surface area (Å²) in [6, 6.07) is 11.8. The second-order valence-corrected chi connectivity index (χ2v) is 6.34. The van der Waals surface area contributed by atoms with Crippen molar-refractivity contribution in [1.29, 1.82) is 0 Å². The summed E-state index contributed by atoms with van der Waals surface area (Å²) in [7, 11) is 3.03. The minimum Gasteiger partial charge on any atom is -0.497 e. The Kier molecular flexibility index (Phi) is 4.94. The Labute approximate surface area is 153 Å². The Hall–Kier alpha value is -2.54. The van der Waals surface area contributed by atoms with Crippen LogP contribution in [-0.2, 0) is 9.59 Å². The van der Waals surface area contributed by atoms with Crippen molar-refractivity contribution in [3.63, 3.8) is 0 Å². The molecule has 0 bridgehead atoms. The van der Waals surface area contributed by atoms with E-state index in [-0.39, 0.29) is 18.2 Å². The van der Waals surface area contributed by atoms with Crippen molar-refractivity contribution in [2.45, 2.75) is 12.5 Å². The van der Waals surface area contributed by atoms with Gasteiger partial charge in [-0.2, -0.15) is 0 Å². The number of ether oxygens (including phenoxy) is 2. The fourth-order valence-corrected chi connectivity index (χ4v) is 3.13. The third kappa shape index (κ3) is 3.32. The molecule has 0 unspecified atom stereocenters. The molecule has 1 aliphatic heterocycles. The largest absolute Gasteiger partial charge is 0.497 e. The number of methoxy groups -OCH3 is 2. The summed E-state index contributed by atoms with van der Waals surface area (Å²) in [5, 5.41) is 3.12. The van der Waals surface area contributed by atoms with Crippen molar-refractivity contribution >= 4 is 39.1 Å². The molecule has 1 saturated heterocycles. The van der Waals surface area contributed by atoms with Gasteiger partial charge in [-0.25, -0.2) is 4.90 Å². The monoisotopic (exact) mass is 404 g/mol. The number of para-hydroxylation sites is 1. The van der Waals surface area contributed by atoms with E-state index in [9.17, 15) is 9.59 Å². The zero-order chi connectivity index (χ0) is 18.0. The first kappa shape index (κ1) is 17.3. The normalized spacial score (nSPS) is 16.9. The van der Waals surface area contributed by atoms with Crippen LogP contribution in [0.25, 0.3) is 0 Å². The molecule has 1 heterocycles. The Morgan fingerprint density at radius 3 is 2.56 bits per heavy atom. The molecule has 0 spiro atoms. The molecule has 1 atom stereocenters. The highest BCUT2D eigenvalue weighted by Crippen LogP contribution is 2.36. The van der Waals surface area contributed by atoms with Crippen LogP contribution in [-0.4, -0.2) is 32.1 Å². The van der Waals surface area contributed by atoms with Crippen molar-refractivity contribution in [3.05, 3.63) is 46.9 Å². The van der Waals surface area contributed by atoms with Crippen LogP contribution in [0, 0.1) is 0 Å². The number of imide groups is 1. The second kappa shape index (κ2) is 7.14. The number of nitrogens with zero attached hydrogens (tertiary/aromatic N) is 1. The van der Waals surface area contributed by atoms with Gasteiger partial charge in [0.2, 0.25) is 5.91 Å². The molecule has 0 radical (unpaired) electrons. The molecule has 3 rings (SSSR count). The molecule has 2 aromatic carbocycles. The van der Waals surface area contributed by atoms with Crippen molar-refractivity contribution in [2.75, 3.05) is 24.4 Å². The van der Waals surface area contributed by atoms with E-state index < -0.39 is 6.04 Å². The summed E-state index contributed by atoms with van der Waals surface area (Å²) in [6.07, 6.45) is 0.0787. The molecule has 1 aliphatic rings. The van der Waals surface area contributed by atoms with E-state index in [2.05, 4.69) is 21.2 Å². The molecule has 25 heavy (non-hydrogen) atoms. The van der Waals surface area contributed by atoms with Crippen LogP contribution >= 0.6 is 15.9 Å². The molecule has 7 heteroatoms. The molecule has 0 saturated carbocycles. The van der Waals surface area contributed by atoms with Crippen molar-refractivity contribution in [1.82, 2.24) is 0 Å². The van der Waals surface area contributed by atoms with Gasteiger partial charge in [-0.05, 0) is 40.2 Å². The van der Waals surface area contributed by atoms with Gasteiger partial charge in [-0.15, -0.1) is 0 Å². The maximum absolute atomic E-state index is 12.8. The minimum absolute atomic E-state index is 0.0787. The number of rotatable bonds is 5. The topological polar surface area (TPSA) is 67.9 Å². The predicted molar refractivity (Wildman–Crippen MR) is 98.2 cm³/mol. The summed E-state index contributed by atoms with van der Waals surface area (Å²) in [4.78, 5) is 26.4. The number of nitrogens with one attached hydrogen (secondary N) is 1. The molecule has 1 fully saturated rings. The SMILES string of the molecule is COc1ccc(N2C(=O)C[C@@H](Nc3ccccc3Br)C2=O)c(OC)c1. The summed E-state index contributed by atoms with van der Waals surface area (Å²) < 4.78 is 11.3. The van der Waals surface area contributed by atoms with Gasteiger partial charge >= 0.3 is 0 Å². The van der Waals surface area contributed by atoms with E-state index in [0.717, 1.165) is 15.1 Å². The third-order valence-electron chi connectivity index (χ3n) is 3.98.